The molecular formula is C18H16F3NO4S. The summed E-state index contributed by atoms with van der Waals surface area (Å²) in [6.07, 6.45) is -4.31. The van der Waals surface area contributed by atoms with Gasteiger partial charge in [-0.2, -0.15) is 13.2 Å². The fraction of sp³-hybridized carbons (Fsp3) is 0.222. The van der Waals surface area contributed by atoms with E-state index in [-0.39, 0.29) is 23.6 Å². The Labute approximate surface area is 157 Å². The zero-order valence-corrected chi connectivity index (χ0v) is 15.0. The highest BCUT2D eigenvalue weighted by Gasteiger charge is 2.27. The van der Waals surface area contributed by atoms with E-state index in [1.807, 2.05) is 0 Å². The number of esters is 1. The Hall–Kier alpha value is -2.68. The Morgan fingerprint density at radius 3 is 2.56 bits per heavy atom. The van der Waals surface area contributed by atoms with Gasteiger partial charge in [0.15, 0.2) is 6.61 Å². The molecule has 0 bridgehead atoms. The zero-order chi connectivity index (χ0) is 19.9. The molecule has 0 spiro atoms. The van der Waals surface area contributed by atoms with E-state index in [2.05, 4.69) is 10.1 Å². The van der Waals surface area contributed by atoms with Crippen LogP contribution < -0.4 is 10.1 Å². The normalized spacial score (nSPS) is 11.0. The van der Waals surface area contributed by atoms with Gasteiger partial charge in [0, 0.05) is 10.5 Å². The molecule has 0 saturated carbocycles. The predicted molar refractivity (Wildman–Crippen MR) is 95.1 cm³/mol. The van der Waals surface area contributed by atoms with E-state index in [0.717, 1.165) is 0 Å². The monoisotopic (exact) mass is 399 g/mol. The number of methoxy groups -OCH3 is 1. The minimum atomic E-state index is -4.31. The average molecular weight is 399 g/mol. The van der Waals surface area contributed by atoms with Crippen LogP contribution in [0.25, 0.3) is 0 Å². The van der Waals surface area contributed by atoms with Crippen LogP contribution >= 0.6 is 11.8 Å². The number of nitrogens with one attached hydrogen (secondary N) is 1. The quantitative estimate of drug-likeness (QED) is 0.560. The van der Waals surface area contributed by atoms with Gasteiger partial charge in [0.25, 0.3) is 5.91 Å². The molecular weight excluding hydrogens is 383 g/mol. The van der Waals surface area contributed by atoms with Crippen molar-refractivity contribution in [2.24, 2.45) is 0 Å². The van der Waals surface area contributed by atoms with E-state index in [1.165, 1.54) is 31.4 Å². The molecule has 1 amide bonds. The van der Waals surface area contributed by atoms with Crippen LogP contribution in [0.3, 0.4) is 0 Å². The van der Waals surface area contributed by atoms with Crippen molar-refractivity contribution in [2.75, 3.05) is 24.8 Å². The highest BCUT2D eigenvalue weighted by molar-refractivity contribution is 7.99. The number of para-hydroxylation sites is 1. The molecule has 0 radical (unpaired) electrons. The Balaban J connectivity index is 2.08. The molecule has 0 aliphatic heterocycles. The Morgan fingerprint density at radius 1 is 1.11 bits per heavy atom. The van der Waals surface area contributed by atoms with Crippen LogP contribution in [-0.4, -0.2) is 37.5 Å². The summed E-state index contributed by atoms with van der Waals surface area (Å²) in [6, 6.07) is 12.3. The van der Waals surface area contributed by atoms with Gasteiger partial charge in [-0.05, 0) is 30.3 Å². The molecule has 9 heteroatoms. The van der Waals surface area contributed by atoms with Gasteiger partial charge in [-0.25, -0.2) is 4.79 Å². The molecule has 5 nitrogen and oxygen atoms in total. The lowest BCUT2D eigenvalue weighted by molar-refractivity contribution is -0.142. The molecule has 0 fully saturated rings. The Kier molecular flexibility index (Phi) is 7.12. The lowest BCUT2D eigenvalue weighted by Crippen LogP contribution is -2.15. The summed E-state index contributed by atoms with van der Waals surface area (Å²) in [5.74, 6) is -1.86. The first kappa shape index (κ1) is 20.6. The summed E-state index contributed by atoms with van der Waals surface area (Å²) in [5, 5.41) is 2.59. The number of carbonyl (C=O) groups is 2. The number of halogens is 3. The lowest BCUT2D eigenvalue weighted by Gasteiger charge is -2.12. The van der Waals surface area contributed by atoms with Gasteiger partial charge < -0.3 is 14.8 Å². The van der Waals surface area contributed by atoms with Crippen LogP contribution in [0.1, 0.15) is 10.4 Å². The molecule has 0 atom stereocenters. The van der Waals surface area contributed by atoms with E-state index in [0.29, 0.717) is 16.7 Å². The largest absolute Gasteiger partial charge is 0.482 e. The molecule has 144 valence electrons. The standard InChI is InChI=1S/C18H16F3NO4S/c1-25-16(23)10-26-13-6-4-5-12(9-13)17(24)22-14-7-2-3-8-15(14)27-11-18(19,20)21/h2-9H,10-11H2,1H3,(H,22,24). The zero-order valence-electron chi connectivity index (χ0n) is 14.2. The molecule has 1 N–H and O–H groups in total. The number of hydrogen-bond acceptors (Lipinski definition) is 5. The van der Waals surface area contributed by atoms with E-state index in [1.54, 1.807) is 24.3 Å². The van der Waals surface area contributed by atoms with Crippen molar-refractivity contribution in [1.82, 2.24) is 0 Å². The second kappa shape index (κ2) is 9.31. The van der Waals surface area contributed by atoms with Gasteiger partial charge >= 0.3 is 12.1 Å². The smallest absolute Gasteiger partial charge is 0.398 e. The Morgan fingerprint density at radius 2 is 1.85 bits per heavy atom. The third-order valence-corrected chi connectivity index (χ3v) is 4.35. The summed E-state index contributed by atoms with van der Waals surface area (Å²) >= 11 is 0.592. The molecule has 0 aromatic heterocycles. The number of benzene rings is 2. The first-order chi connectivity index (χ1) is 12.8. The van der Waals surface area contributed by atoms with Gasteiger partial charge in [-0.1, -0.05) is 18.2 Å². The molecule has 0 aliphatic rings. The number of alkyl halides is 3. The maximum Gasteiger partial charge on any atom is 0.398 e. The molecule has 0 heterocycles. The minimum absolute atomic E-state index is 0.230. The van der Waals surface area contributed by atoms with Crippen LogP contribution in [0.15, 0.2) is 53.4 Å². The summed E-state index contributed by atoms with van der Waals surface area (Å²) in [4.78, 5) is 23.8. The maximum absolute atomic E-state index is 12.4. The molecule has 0 saturated heterocycles. The second-order valence-corrected chi connectivity index (χ2v) is 6.26. The van der Waals surface area contributed by atoms with E-state index in [4.69, 9.17) is 4.74 Å². The van der Waals surface area contributed by atoms with Crippen molar-refractivity contribution in [3.8, 4) is 5.75 Å². The fourth-order valence-electron chi connectivity index (χ4n) is 1.98. The van der Waals surface area contributed by atoms with Crippen LogP contribution in [0, 0.1) is 0 Å². The second-order valence-electron chi connectivity index (χ2n) is 5.25. The number of ether oxygens (including phenoxy) is 2. The van der Waals surface area contributed by atoms with Gasteiger partial charge in [-0.15, -0.1) is 11.8 Å². The molecule has 2 rings (SSSR count). The topological polar surface area (TPSA) is 64.6 Å². The highest BCUT2D eigenvalue weighted by Crippen LogP contribution is 2.32. The van der Waals surface area contributed by atoms with Gasteiger partial charge in [0.2, 0.25) is 0 Å². The number of thioether (sulfide) groups is 1. The number of rotatable bonds is 7. The van der Waals surface area contributed by atoms with Crippen molar-refractivity contribution in [1.29, 1.82) is 0 Å². The van der Waals surface area contributed by atoms with Crippen molar-refractivity contribution in [2.45, 2.75) is 11.1 Å². The third-order valence-electron chi connectivity index (χ3n) is 3.21. The summed E-state index contributed by atoms with van der Waals surface area (Å²) in [6.45, 7) is -0.307. The SMILES string of the molecule is COC(=O)COc1cccc(C(=O)Nc2ccccc2SCC(F)(F)F)c1. The van der Waals surface area contributed by atoms with Crippen molar-refractivity contribution in [3.05, 3.63) is 54.1 Å². The van der Waals surface area contributed by atoms with Crippen LogP contribution in [0.2, 0.25) is 0 Å². The molecule has 2 aromatic rings. The third kappa shape index (κ3) is 6.86. The summed E-state index contributed by atoms with van der Waals surface area (Å²) in [7, 11) is 1.23. The van der Waals surface area contributed by atoms with Crippen molar-refractivity contribution < 1.29 is 32.2 Å². The predicted octanol–water partition coefficient (Wildman–Crippen LogP) is 4.15. The van der Waals surface area contributed by atoms with Crippen LogP contribution in [0.4, 0.5) is 18.9 Å². The average Bonchev–Trinajstić information content (AvgIpc) is 2.65. The van der Waals surface area contributed by atoms with Gasteiger partial charge in [0.1, 0.15) is 5.75 Å². The van der Waals surface area contributed by atoms with E-state index in [9.17, 15) is 22.8 Å². The lowest BCUT2D eigenvalue weighted by atomic mass is 10.2. The first-order valence-electron chi connectivity index (χ1n) is 7.68. The summed E-state index contributed by atoms with van der Waals surface area (Å²) < 4.78 is 47.0. The fourth-order valence-corrected chi connectivity index (χ4v) is 2.75. The molecule has 2 aromatic carbocycles. The van der Waals surface area contributed by atoms with Crippen molar-refractivity contribution >= 4 is 29.3 Å². The van der Waals surface area contributed by atoms with Crippen molar-refractivity contribution in [3.63, 3.8) is 0 Å². The number of anilines is 1. The minimum Gasteiger partial charge on any atom is -0.482 e. The van der Waals surface area contributed by atoms with Gasteiger partial charge in [0.05, 0.1) is 18.6 Å². The molecule has 0 unspecified atom stereocenters. The maximum atomic E-state index is 12.4. The first-order valence-corrected chi connectivity index (χ1v) is 8.66. The van der Waals surface area contributed by atoms with E-state index >= 15 is 0 Å². The van der Waals surface area contributed by atoms with Crippen LogP contribution in [0.5, 0.6) is 5.75 Å². The number of hydrogen-bond donors (Lipinski definition) is 1. The van der Waals surface area contributed by atoms with E-state index < -0.39 is 23.8 Å². The Bertz CT molecular complexity index is 811. The number of amides is 1. The van der Waals surface area contributed by atoms with Gasteiger partial charge in [-0.3, -0.25) is 4.79 Å². The number of carbonyl (C=O) groups excluding carboxylic acids is 2. The summed E-state index contributed by atoms with van der Waals surface area (Å²) in [5.41, 5.74) is 0.505. The highest BCUT2D eigenvalue weighted by atomic mass is 32.2. The molecule has 0 aliphatic carbocycles. The van der Waals surface area contributed by atoms with Crippen LogP contribution in [-0.2, 0) is 9.53 Å². The molecule has 27 heavy (non-hydrogen) atoms.